The van der Waals surface area contributed by atoms with Crippen LogP contribution in [0.15, 0.2) is 0 Å². The van der Waals surface area contributed by atoms with E-state index in [0.717, 1.165) is 25.2 Å². The zero-order chi connectivity index (χ0) is 7.23. The molecule has 0 radical (unpaired) electrons. The number of alkyl halides is 1. The van der Waals surface area contributed by atoms with Crippen molar-refractivity contribution in [2.45, 2.75) is 18.9 Å². The van der Waals surface area contributed by atoms with Gasteiger partial charge in [0.25, 0.3) is 0 Å². The molecule has 10 heavy (non-hydrogen) atoms. The van der Waals surface area contributed by atoms with Crippen molar-refractivity contribution >= 4 is 15.9 Å². The fraction of sp³-hybridized carbons (Fsp3) is 1.00. The number of hydrogen-bond donors (Lipinski definition) is 0. The Morgan fingerprint density at radius 1 is 1.60 bits per heavy atom. The molecule has 1 aliphatic heterocycles. The van der Waals surface area contributed by atoms with E-state index in [1.807, 2.05) is 0 Å². The summed E-state index contributed by atoms with van der Waals surface area (Å²) in [5, 5.41) is 0.916. The van der Waals surface area contributed by atoms with Gasteiger partial charge in [-0.05, 0) is 12.8 Å². The van der Waals surface area contributed by atoms with Crippen molar-refractivity contribution in [3.63, 3.8) is 0 Å². The Hall–Kier alpha value is 0.400. The van der Waals surface area contributed by atoms with E-state index in [9.17, 15) is 0 Å². The molecule has 1 saturated heterocycles. The molecule has 0 aromatic heterocycles. The van der Waals surface area contributed by atoms with Crippen molar-refractivity contribution < 1.29 is 9.47 Å². The third kappa shape index (κ3) is 2.99. The third-order valence-corrected chi connectivity index (χ3v) is 1.87. The van der Waals surface area contributed by atoms with Crippen LogP contribution in [0.3, 0.4) is 0 Å². The maximum Gasteiger partial charge on any atom is 0.0809 e. The quantitative estimate of drug-likeness (QED) is 0.517. The molecule has 0 aromatic carbocycles. The fourth-order valence-corrected chi connectivity index (χ4v) is 1.27. The van der Waals surface area contributed by atoms with Gasteiger partial charge in [0.15, 0.2) is 0 Å². The van der Waals surface area contributed by atoms with Crippen molar-refractivity contribution in [3.8, 4) is 0 Å². The van der Waals surface area contributed by atoms with Crippen molar-refractivity contribution in [2.24, 2.45) is 0 Å². The average Bonchev–Trinajstić information content (AvgIpc) is 2.41. The van der Waals surface area contributed by atoms with E-state index >= 15 is 0 Å². The molecule has 0 saturated carbocycles. The number of halogens is 1. The smallest absolute Gasteiger partial charge is 0.0809 e. The van der Waals surface area contributed by atoms with Gasteiger partial charge in [-0.1, -0.05) is 15.9 Å². The molecule has 0 spiro atoms. The van der Waals surface area contributed by atoms with E-state index in [1.165, 1.54) is 12.8 Å². The highest BCUT2D eigenvalue weighted by molar-refractivity contribution is 9.09. The van der Waals surface area contributed by atoms with Crippen LogP contribution in [0.4, 0.5) is 0 Å². The van der Waals surface area contributed by atoms with Crippen molar-refractivity contribution in [3.05, 3.63) is 0 Å². The van der Waals surface area contributed by atoms with Gasteiger partial charge < -0.3 is 9.47 Å². The first-order valence-electron chi connectivity index (χ1n) is 3.69. The normalized spacial score (nSPS) is 25.5. The van der Waals surface area contributed by atoms with Crippen molar-refractivity contribution in [2.75, 3.05) is 25.2 Å². The summed E-state index contributed by atoms with van der Waals surface area (Å²) in [6.45, 7) is 2.48. The maximum atomic E-state index is 5.36. The van der Waals surface area contributed by atoms with Crippen LogP contribution in [0.5, 0.6) is 0 Å². The first-order chi connectivity index (χ1) is 4.93. The largest absolute Gasteiger partial charge is 0.378 e. The molecule has 1 fully saturated rings. The third-order valence-electron chi connectivity index (χ3n) is 1.55. The lowest BCUT2D eigenvalue weighted by molar-refractivity contribution is 0.0228. The van der Waals surface area contributed by atoms with Gasteiger partial charge in [-0.25, -0.2) is 0 Å². The van der Waals surface area contributed by atoms with E-state index in [4.69, 9.17) is 9.47 Å². The van der Waals surface area contributed by atoms with Crippen LogP contribution < -0.4 is 0 Å². The molecular formula is C7H13BrO2. The minimum atomic E-state index is 0.374. The Kier molecular flexibility index (Phi) is 4.34. The molecule has 1 rings (SSSR count). The zero-order valence-electron chi connectivity index (χ0n) is 6.01. The molecule has 0 aromatic rings. The molecular weight excluding hydrogens is 196 g/mol. The van der Waals surface area contributed by atoms with E-state index in [2.05, 4.69) is 15.9 Å². The van der Waals surface area contributed by atoms with Gasteiger partial charge in [0.05, 0.1) is 19.3 Å². The molecule has 3 heteroatoms. The Labute approximate surface area is 70.0 Å². The van der Waals surface area contributed by atoms with Crippen LogP contribution in [-0.2, 0) is 9.47 Å². The van der Waals surface area contributed by atoms with Gasteiger partial charge in [0, 0.05) is 11.9 Å². The fourth-order valence-electron chi connectivity index (χ4n) is 1.05. The number of rotatable bonds is 4. The predicted octanol–water partition coefficient (Wildman–Crippen LogP) is 1.58. The monoisotopic (exact) mass is 208 g/mol. The molecule has 1 atom stereocenters. The predicted molar refractivity (Wildman–Crippen MR) is 43.6 cm³/mol. The first-order valence-corrected chi connectivity index (χ1v) is 4.81. The van der Waals surface area contributed by atoms with Gasteiger partial charge in [-0.2, -0.15) is 0 Å². The summed E-state index contributed by atoms with van der Waals surface area (Å²) in [6.07, 6.45) is 2.74. The van der Waals surface area contributed by atoms with Gasteiger partial charge in [-0.15, -0.1) is 0 Å². The second-order valence-electron chi connectivity index (χ2n) is 2.40. The standard InChI is InChI=1S/C7H13BrO2/c8-3-5-9-6-7-2-1-4-10-7/h7H,1-6H2. The van der Waals surface area contributed by atoms with Gasteiger partial charge in [0.2, 0.25) is 0 Å². The Bertz CT molecular complexity index is 81.7. The Balaban J connectivity index is 1.91. The van der Waals surface area contributed by atoms with Crippen molar-refractivity contribution in [1.29, 1.82) is 0 Å². The van der Waals surface area contributed by atoms with Crippen LogP contribution in [0.1, 0.15) is 12.8 Å². The van der Waals surface area contributed by atoms with E-state index < -0.39 is 0 Å². The minimum absolute atomic E-state index is 0.374. The summed E-state index contributed by atoms with van der Waals surface area (Å²) < 4.78 is 10.7. The highest BCUT2D eigenvalue weighted by atomic mass is 79.9. The van der Waals surface area contributed by atoms with Crippen LogP contribution in [0.2, 0.25) is 0 Å². The van der Waals surface area contributed by atoms with E-state index in [1.54, 1.807) is 0 Å². The maximum absolute atomic E-state index is 5.36. The second-order valence-corrected chi connectivity index (χ2v) is 3.19. The minimum Gasteiger partial charge on any atom is -0.378 e. The highest BCUT2D eigenvalue weighted by Gasteiger charge is 2.14. The molecule has 0 N–H and O–H groups in total. The molecule has 1 aliphatic rings. The summed E-state index contributed by atoms with van der Waals surface area (Å²) in [6, 6.07) is 0. The topological polar surface area (TPSA) is 18.5 Å². The lowest BCUT2D eigenvalue weighted by atomic mass is 10.2. The first kappa shape index (κ1) is 8.50. The summed E-state index contributed by atoms with van der Waals surface area (Å²) in [5.41, 5.74) is 0. The Morgan fingerprint density at radius 2 is 2.50 bits per heavy atom. The summed E-state index contributed by atoms with van der Waals surface area (Å²) in [5.74, 6) is 0. The number of ether oxygens (including phenoxy) is 2. The van der Waals surface area contributed by atoms with Crippen LogP contribution >= 0.6 is 15.9 Å². The van der Waals surface area contributed by atoms with Gasteiger partial charge >= 0.3 is 0 Å². The molecule has 0 bridgehead atoms. The molecule has 60 valence electrons. The van der Waals surface area contributed by atoms with Gasteiger partial charge in [0.1, 0.15) is 0 Å². The number of hydrogen-bond acceptors (Lipinski definition) is 2. The van der Waals surface area contributed by atoms with Gasteiger partial charge in [-0.3, -0.25) is 0 Å². The van der Waals surface area contributed by atoms with Crippen LogP contribution in [0, 0.1) is 0 Å². The highest BCUT2D eigenvalue weighted by Crippen LogP contribution is 2.11. The second kappa shape index (κ2) is 5.10. The molecule has 0 aliphatic carbocycles. The average molecular weight is 209 g/mol. The van der Waals surface area contributed by atoms with E-state index in [-0.39, 0.29) is 0 Å². The van der Waals surface area contributed by atoms with Crippen molar-refractivity contribution in [1.82, 2.24) is 0 Å². The molecule has 1 unspecified atom stereocenters. The van der Waals surface area contributed by atoms with Crippen LogP contribution in [0.25, 0.3) is 0 Å². The molecule has 0 amide bonds. The lowest BCUT2D eigenvalue weighted by Crippen LogP contribution is -2.14. The summed E-state index contributed by atoms with van der Waals surface area (Å²) >= 11 is 3.29. The Morgan fingerprint density at radius 3 is 3.10 bits per heavy atom. The lowest BCUT2D eigenvalue weighted by Gasteiger charge is -2.08. The van der Waals surface area contributed by atoms with Crippen LogP contribution in [-0.4, -0.2) is 31.3 Å². The zero-order valence-corrected chi connectivity index (χ0v) is 7.60. The van der Waals surface area contributed by atoms with E-state index in [0.29, 0.717) is 6.10 Å². The molecule has 2 nitrogen and oxygen atoms in total. The molecule has 1 heterocycles. The summed E-state index contributed by atoms with van der Waals surface area (Å²) in [4.78, 5) is 0. The SMILES string of the molecule is BrCCOCC1CCCO1. The summed E-state index contributed by atoms with van der Waals surface area (Å²) in [7, 11) is 0.